The molecule has 0 saturated carbocycles. The monoisotopic (exact) mass is 414 g/mol. The van der Waals surface area contributed by atoms with Crippen molar-refractivity contribution in [2.24, 2.45) is 12.8 Å². The highest BCUT2D eigenvalue weighted by atomic mass is 35.5. The minimum absolute atomic E-state index is 0.0818. The summed E-state index contributed by atoms with van der Waals surface area (Å²) < 4.78 is 1.78. The molecule has 0 spiro atoms. The Hall–Kier alpha value is -2.34. The van der Waals surface area contributed by atoms with Crippen LogP contribution in [0.15, 0.2) is 48.7 Å². The van der Waals surface area contributed by atoms with Crippen molar-refractivity contribution in [3.8, 4) is 11.3 Å². The average molecular weight is 415 g/mol. The van der Waals surface area contributed by atoms with E-state index in [1.54, 1.807) is 21.7 Å². The molecule has 4 rings (SSSR count). The van der Waals surface area contributed by atoms with Crippen LogP contribution in [0.3, 0.4) is 0 Å². The molecule has 28 heavy (non-hydrogen) atoms. The molecule has 144 valence electrons. The van der Waals surface area contributed by atoms with Gasteiger partial charge >= 0.3 is 0 Å². The molecule has 1 atom stereocenters. The topological polar surface area (TPSA) is 64.2 Å². The fourth-order valence-electron chi connectivity index (χ4n) is 3.52. The first-order valence-electron chi connectivity index (χ1n) is 9.01. The lowest BCUT2D eigenvalue weighted by Gasteiger charge is -2.20. The standard InChI is InChI=1S/C21H20Cl2N4O/c1-26-7-6-20(25-26)14-2-3-15-11-27(12-16(15)8-14)21(28)19(24)9-13-4-5-17(22)10-18(13)23/h2-8,10,19H,9,11-12,24H2,1H3/t19-/m1/s1. The summed E-state index contributed by atoms with van der Waals surface area (Å²) in [4.78, 5) is 14.7. The lowest BCUT2D eigenvalue weighted by atomic mass is 10.0. The number of nitrogens with zero attached hydrogens (tertiary/aromatic N) is 3. The third-order valence-electron chi connectivity index (χ3n) is 5.02. The van der Waals surface area contributed by atoms with E-state index in [0.29, 0.717) is 29.6 Å². The van der Waals surface area contributed by atoms with Gasteiger partial charge in [0.15, 0.2) is 0 Å². The van der Waals surface area contributed by atoms with Crippen molar-refractivity contribution >= 4 is 29.1 Å². The van der Waals surface area contributed by atoms with Gasteiger partial charge in [0.2, 0.25) is 5.91 Å². The molecule has 1 aromatic heterocycles. The number of fused-ring (bicyclic) bond motifs is 1. The summed E-state index contributed by atoms with van der Waals surface area (Å²) in [6, 6.07) is 12.8. The Bertz CT molecular complexity index is 1050. The predicted octanol–water partition coefficient (Wildman–Crippen LogP) is 3.81. The van der Waals surface area contributed by atoms with E-state index in [4.69, 9.17) is 28.9 Å². The van der Waals surface area contributed by atoms with Gasteiger partial charge < -0.3 is 10.6 Å². The molecule has 0 aliphatic carbocycles. The Morgan fingerprint density at radius 1 is 1.14 bits per heavy atom. The average Bonchev–Trinajstić information content (AvgIpc) is 3.28. The number of aromatic nitrogens is 2. The molecule has 0 bridgehead atoms. The van der Waals surface area contributed by atoms with Crippen molar-refractivity contribution in [1.82, 2.24) is 14.7 Å². The van der Waals surface area contributed by atoms with Gasteiger partial charge in [-0.25, -0.2) is 0 Å². The number of hydrogen-bond acceptors (Lipinski definition) is 3. The SMILES string of the molecule is Cn1ccc(-c2ccc3c(c2)CN(C(=O)[C@H](N)Cc2ccc(Cl)cc2Cl)C3)n1. The molecule has 0 radical (unpaired) electrons. The third-order valence-corrected chi connectivity index (χ3v) is 5.61. The highest BCUT2D eigenvalue weighted by Crippen LogP contribution is 2.29. The van der Waals surface area contributed by atoms with E-state index in [2.05, 4.69) is 17.2 Å². The molecule has 0 fully saturated rings. The summed E-state index contributed by atoms with van der Waals surface area (Å²) in [5.74, 6) is -0.0818. The van der Waals surface area contributed by atoms with Gasteiger partial charge in [0.05, 0.1) is 11.7 Å². The molecule has 1 aliphatic heterocycles. The van der Waals surface area contributed by atoms with Crippen LogP contribution in [0.1, 0.15) is 16.7 Å². The highest BCUT2D eigenvalue weighted by Gasteiger charge is 2.28. The van der Waals surface area contributed by atoms with Gasteiger partial charge in [-0.2, -0.15) is 5.10 Å². The molecule has 2 heterocycles. The smallest absolute Gasteiger partial charge is 0.240 e. The van der Waals surface area contributed by atoms with Crippen LogP contribution in [0, 0.1) is 0 Å². The summed E-state index contributed by atoms with van der Waals surface area (Å²) >= 11 is 12.1. The quantitative estimate of drug-likeness (QED) is 0.705. The van der Waals surface area contributed by atoms with E-state index >= 15 is 0 Å². The lowest BCUT2D eigenvalue weighted by Crippen LogP contribution is -2.42. The van der Waals surface area contributed by atoms with Crippen molar-refractivity contribution in [2.75, 3.05) is 0 Å². The molecule has 2 aromatic carbocycles. The first-order valence-corrected chi connectivity index (χ1v) is 9.76. The van der Waals surface area contributed by atoms with E-state index in [1.165, 1.54) is 0 Å². The Balaban J connectivity index is 1.46. The normalized spacial score (nSPS) is 14.2. The zero-order chi connectivity index (χ0) is 19.8. The molecular formula is C21H20Cl2N4O. The van der Waals surface area contributed by atoms with Gasteiger partial charge in [-0.3, -0.25) is 9.48 Å². The largest absolute Gasteiger partial charge is 0.333 e. The number of rotatable bonds is 4. The van der Waals surface area contributed by atoms with Crippen LogP contribution in [0.2, 0.25) is 10.0 Å². The molecule has 0 saturated heterocycles. The van der Waals surface area contributed by atoms with Crippen LogP contribution in [0.5, 0.6) is 0 Å². The number of nitrogens with two attached hydrogens (primary N) is 1. The molecule has 7 heteroatoms. The predicted molar refractivity (Wildman–Crippen MR) is 111 cm³/mol. The molecule has 1 aliphatic rings. The first kappa shape index (κ1) is 19.0. The van der Waals surface area contributed by atoms with Crippen LogP contribution in [0.25, 0.3) is 11.3 Å². The number of carbonyl (C=O) groups excluding carboxylic acids is 1. The maximum Gasteiger partial charge on any atom is 0.240 e. The Morgan fingerprint density at radius 2 is 1.93 bits per heavy atom. The van der Waals surface area contributed by atoms with Crippen molar-refractivity contribution in [1.29, 1.82) is 0 Å². The van der Waals surface area contributed by atoms with Crippen LogP contribution >= 0.6 is 23.2 Å². The summed E-state index contributed by atoms with van der Waals surface area (Å²) in [5.41, 5.74) is 11.3. The number of hydrogen-bond donors (Lipinski definition) is 1. The number of benzene rings is 2. The summed E-state index contributed by atoms with van der Waals surface area (Å²) in [6.45, 7) is 1.12. The van der Waals surface area contributed by atoms with Gasteiger partial charge in [0.1, 0.15) is 0 Å². The first-order chi connectivity index (χ1) is 13.4. The minimum atomic E-state index is -0.650. The van der Waals surface area contributed by atoms with Gasteiger partial charge in [-0.05, 0) is 47.4 Å². The second-order valence-corrected chi connectivity index (χ2v) is 7.94. The fraction of sp³-hybridized carbons (Fsp3) is 0.238. The third kappa shape index (κ3) is 3.78. The number of halogens is 2. The summed E-state index contributed by atoms with van der Waals surface area (Å²) in [5, 5.41) is 5.53. The highest BCUT2D eigenvalue weighted by molar-refractivity contribution is 6.35. The Morgan fingerprint density at radius 3 is 2.64 bits per heavy atom. The van der Waals surface area contributed by atoms with Gasteiger partial charge in [0, 0.05) is 41.9 Å². The van der Waals surface area contributed by atoms with E-state index < -0.39 is 6.04 Å². The Kier molecular flexibility index (Phi) is 5.15. The van der Waals surface area contributed by atoms with Crippen LogP contribution in [-0.2, 0) is 31.4 Å². The maximum absolute atomic E-state index is 12.9. The molecule has 5 nitrogen and oxygen atoms in total. The van der Waals surface area contributed by atoms with Crippen molar-refractivity contribution in [2.45, 2.75) is 25.6 Å². The van der Waals surface area contributed by atoms with Crippen LogP contribution < -0.4 is 5.73 Å². The summed E-state index contributed by atoms with van der Waals surface area (Å²) in [6.07, 6.45) is 2.29. The van der Waals surface area contributed by atoms with Crippen molar-refractivity contribution in [3.05, 3.63) is 75.4 Å². The van der Waals surface area contributed by atoms with Crippen molar-refractivity contribution in [3.63, 3.8) is 0 Å². The van der Waals surface area contributed by atoms with E-state index in [0.717, 1.165) is 27.9 Å². The maximum atomic E-state index is 12.9. The van der Waals surface area contributed by atoms with Gasteiger partial charge in [-0.1, -0.05) is 41.4 Å². The van der Waals surface area contributed by atoms with Crippen LogP contribution in [-0.4, -0.2) is 26.6 Å². The Labute approximate surface area is 173 Å². The zero-order valence-corrected chi connectivity index (χ0v) is 16.9. The lowest BCUT2D eigenvalue weighted by molar-refractivity contribution is -0.133. The molecule has 3 aromatic rings. The van der Waals surface area contributed by atoms with E-state index in [1.807, 2.05) is 31.4 Å². The van der Waals surface area contributed by atoms with Gasteiger partial charge in [-0.15, -0.1) is 0 Å². The molecule has 1 amide bonds. The second kappa shape index (κ2) is 7.59. The number of amides is 1. The molecular weight excluding hydrogens is 395 g/mol. The molecule has 0 unspecified atom stereocenters. The fourth-order valence-corrected chi connectivity index (χ4v) is 4.01. The zero-order valence-electron chi connectivity index (χ0n) is 15.4. The summed E-state index contributed by atoms with van der Waals surface area (Å²) in [7, 11) is 1.89. The minimum Gasteiger partial charge on any atom is -0.333 e. The van der Waals surface area contributed by atoms with E-state index in [9.17, 15) is 4.79 Å². The van der Waals surface area contributed by atoms with Gasteiger partial charge in [0.25, 0.3) is 0 Å². The van der Waals surface area contributed by atoms with Crippen LogP contribution in [0.4, 0.5) is 0 Å². The second-order valence-electron chi connectivity index (χ2n) is 7.10. The number of carbonyl (C=O) groups is 1. The van der Waals surface area contributed by atoms with E-state index in [-0.39, 0.29) is 5.91 Å². The number of aryl methyl sites for hydroxylation is 1. The van der Waals surface area contributed by atoms with Crippen molar-refractivity contribution < 1.29 is 4.79 Å². The molecule has 2 N–H and O–H groups in total.